The number of amides is 2. The third-order valence-corrected chi connectivity index (χ3v) is 2.86. The highest BCUT2D eigenvalue weighted by Gasteiger charge is 2.30. The number of carbonyl (C=O) groups is 2. The van der Waals surface area contributed by atoms with Crippen LogP contribution in [0.2, 0.25) is 0 Å². The molecule has 0 saturated carbocycles. The lowest BCUT2D eigenvalue weighted by atomic mass is 10.1. The van der Waals surface area contributed by atoms with E-state index in [1.165, 1.54) is 17.1 Å². The largest absolute Gasteiger partial charge is 0.269 e. The van der Waals surface area contributed by atoms with Crippen LogP contribution < -0.4 is 0 Å². The van der Waals surface area contributed by atoms with Gasteiger partial charge in [0.05, 0.1) is 5.70 Å². The SMILES string of the molecule is O=C1C=CC(=O)N1C1=CCc2ccccc21. The van der Waals surface area contributed by atoms with Crippen LogP contribution in [0.25, 0.3) is 5.70 Å². The minimum atomic E-state index is -0.257. The maximum atomic E-state index is 11.6. The second-order valence-electron chi connectivity index (χ2n) is 3.80. The van der Waals surface area contributed by atoms with Crippen LogP contribution in [0.5, 0.6) is 0 Å². The molecule has 3 rings (SSSR count). The van der Waals surface area contributed by atoms with Crippen molar-refractivity contribution < 1.29 is 9.59 Å². The number of hydrogen-bond acceptors (Lipinski definition) is 2. The lowest BCUT2D eigenvalue weighted by Gasteiger charge is -2.16. The Labute approximate surface area is 92.7 Å². The zero-order valence-corrected chi connectivity index (χ0v) is 8.51. The van der Waals surface area contributed by atoms with Crippen LogP contribution in [-0.4, -0.2) is 16.7 Å². The van der Waals surface area contributed by atoms with Crippen molar-refractivity contribution in [3.05, 3.63) is 53.6 Å². The molecular formula is C13H9NO2. The van der Waals surface area contributed by atoms with E-state index in [4.69, 9.17) is 0 Å². The molecule has 0 atom stereocenters. The Kier molecular flexibility index (Phi) is 1.80. The summed E-state index contributed by atoms with van der Waals surface area (Å²) in [5, 5.41) is 0. The summed E-state index contributed by atoms with van der Waals surface area (Å²) in [5.41, 5.74) is 2.86. The maximum absolute atomic E-state index is 11.6. The van der Waals surface area contributed by atoms with Gasteiger partial charge < -0.3 is 0 Å². The Morgan fingerprint density at radius 2 is 1.69 bits per heavy atom. The average molecular weight is 211 g/mol. The van der Waals surface area contributed by atoms with E-state index < -0.39 is 0 Å². The molecule has 0 fully saturated rings. The fourth-order valence-corrected chi connectivity index (χ4v) is 2.11. The summed E-state index contributed by atoms with van der Waals surface area (Å²) >= 11 is 0. The number of imide groups is 1. The fourth-order valence-electron chi connectivity index (χ4n) is 2.11. The summed E-state index contributed by atoms with van der Waals surface area (Å²) in [6.45, 7) is 0. The van der Waals surface area contributed by atoms with Gasteiger partial charge in [0.15, 0.2) is 0 Å². The van der Waals surface area contributed by atoms with E-state index >= 15 is 0 Å². The van der Waals surface area contributed by atoms with E-state index in [-0.39, 0.29) is 11.8 Å². The summed E-state index contributed by atoms with van der Waals surface area (Å²) in [5.74, 6) is -0.513. The van der Waals surface area contributed by atoms with Gasteiger partial charge in [0.25, 0.3) is 11.8 Å². The van der Waals surface area contributed by atoms with E-state index in [9.17, 15) is 9.59 Å². The number of hydrogen-bond donors (Lipinski definition) is 0. The van der Waals surface area contributed by atoms with Crippen LogP contribution in [0.3, 0.4) is 0 Å². The molecular weight excluding hydrogens is 202 g/mol. The minimum Gasteiger partial charge on any atom is -0.269 e. The Morgan fingerprint density at radius 3 is 2.44 bits per heavy atom. The van der Waals surface area contributed by atoms with E-state index in [1.807, 2.05) is 30.3 Å². The van der Waals surface area contributed by atoms with Gasteiger partial charge in [-0.15, -0.1) is 0 Å². The summed E-state index contributed by atoms with van der Waals surface area (Å²) in [6, 6.07) is 7.82. The molecule has 0 radical (unpaired) electrons. The van der Waals surface area contributed by atoms with Crippen molar-refractivity contribution in [3.63, 3.8) is 0 Å². The van der Waals surface area contributed by atoms with Crippen molar-refractivity contribution in [1.82, 2.24) is 4.90 Å². The van der Waals surface area contributed by atoms with E-state index in [2.05, 4.69) is 0 Å². The van der Waals surface area contributed by atoms with Gasteiger partial charge in [0.1, 0.15) is 0 Å². The first-order chi connectivity index (χ1) is 7.77. The molecule has 3 heteroatoms. The van der Waals surface area contributed by atoms with Gasteiger partial charge in [0, 0.05) is 17.7 Å². The molecule has 1 aliphatic heterocycles. The average Bonchev–Trinajstić information content (AvgIpc) is 2.83. The molecule has 1 heterocycles. The molecule has 0 saturated heterocycles. The Bertz CT molecular complexity index is 537. The summed E-state index contributed by atoms with van der Waals surface area (Å²) in [4.78, 5) is 24.3. The Morgan fingerprint density at radius 1 is 1.00 bits per heavy atom. The van der Waals surface area contributed by atoms with E-state index in [0.29, 0.717) is 0 Å². The lowest BCUT2D eigenvalue weighted by Crippen LogP contribution is -2.27. The molecule has 0 aromatic heterocycles. The quantitative estimate of drug-likeness (QED) is 0.660. The molecule has 1 aliphatic carbocycles. The van der Waals surface area contributed by atoms with Crippen molar-refractivity contribution in [2.24, 2.45) is 0 Å². The second-order valence-corrected chi connectivity index (χ2v) is 3.80. The highest BCUT2D eigenvalue weighted by Crippen LogP contribution is 2.31. The number of nitrogens with zero attached hydrogens (tertiary/aromatic N) is 1. The summed E-state index contributed by atoms with van der Waals surface area (Å²) < 4.78 is 0. The molecule has 0 unspecified atom stereocenters. The van der Waals surface area contributed by atoms with Gasteiger partial charge in [0.2, 0.25) is 0 Å². The van der Waals surface area contributed by atoms with Crippen molar-refractivity contribution in [2.75, 3.05) is 0 Å². The van der Waals surface area contributed by atoms with E-state index in [1.54, 1.807) is 0 Å². The number of carbonyl (C=O) groups excluding carboxylic acids is 2. The van der Waals surface area contributed by atoms with Gasteiger partial charge >= 0.3 is 0 Å². The normalized spacial score (nSPS) is 18.0. The first-order valence-electron chi connectivity index (χ1n) is 5.12. The van der Waals surface area contributed by atoms with Crippen molar-refractivity contribution in [1.29, 1.82) is 0 Å². The van der Waals surface area contributed by atoms with Crippen LogP contribution in [0.15, 0.2) is 42.5 Å². The minimum absolute atomic E-state index is 0.257. The maximum Gasteiger partial charge on any atom is 0.258 e. The molecule has 2 amide bonds. The van der Waals surface area contributed by atoms with Gasteiger partial charge in [-0.1, -0.05) is 30.3 Å². The Hall–Kier alpha value is -2.16. The smallest absolute Gasteiger partial charge is 0.258 e. The van der Waals surface area contributed by atoms with Crippen LogP contribution in [-0.2, 0) is 16.0 Å². The fraction of sp³-hybridized carbons (Fsp3) is 0.0769. The molecule has 1 aromatic rings. The first-order valence-corrected chi connectivity index (χ1v) is 5.12. The molecule has 0 spiro atoms. The summed E-state index contributed by atoms with van der Waals surface area (Å²) in [6.07, 6.45) is 5.32. The van der Waals surface area contributed by atoms with Crippen molar-refractivity contribution in [3.8, 4) is 0 Å². The number of allylic oxidation sites excluding steroid dienone is 1. The lowest BCUT2D eigenvalue weighted by molar-refractivity contribution is -0.132. The van der Waals surface area contributed by atoms with Crippen LogP contribution in [0.1, 0.15) is 11.1 Å². The van der Waals surface area contributed by atoms with Crippen molar-refractivity contribution in [2.45, 2.75) is 6.42 Å². The highest BCUT2D eigenvalue weighted by molar-refractivity contribution is 6.18. The summed E-state index contributed by atoms with van der Waals surface area (Å²) in [7, 11) is 0. The van der Waals surface area contributed by atoms with Gasteiger partial charge in [-0.05, 0) is 12.0 Å². The molecule has 1 aromatic carbocycles. The zero-order chi connectivity index (χ0) is 11.1. The molecule has 2 aliphatic rings. The van der Waals surface area contributed by atoms with Gasteiger partial charge in [-0.2, -0.15) is 0 Å². The molecule has 3 nitrogen and oxygen atoms in total. The van der Waals surface area contributed by atoms with Gasteiger partial charge in [-0.3, -0.25) is 9.59 Å². The first kappa shape index (κ1) is 9.09. The second kappa shape index (κ2) is 3.17. The standard InChI is InChI=1S/C13H9NO2/c15-12-7-8-13(16)14(12)11-6-5-9-3-1-2-4-10(9)11/h1-4,6-8H,5H2. The molecule has 16 heavy (non-hydrogen) atoms. The van der Waals surface area contributed by atoms with Crippen LogP contribution >= 0.6 is 0 Å². The van der Waals surface area contributed by atoms with Crippen LogP contribution in [0.4, 0.5) is 0 Å². The third kappa shape index (κ3) is 1.15. The van der Waals surface area contributed by atoms with Crippen LogP contribution in [0, 0.1) is 0 Å². The monoisotopic (exact) mass is 211 g/mol. The predicted molar refractivity (Wildman–Crippen MR) is 59.1 cm³/mol. The number of rotatable bonds is 1. The topological polar surface area (TPSA) is 37.4 Å². The molecule has 78 valence electrons. The number of benzene rings is 1. The zero-order valence-electron chi connectivity index (χ0n) is 8.51. The third-order valence-electron chi connectivity index (χ3n) is 2.86. The molecule has 0 bridgehead atoms. The van der Waals surface area contributed by atoms with E-state index in [0.717, 1.165) is 23.2 Å². The van der Waals surface area contributed by atoms with Gasteiger partial charge in [-0.25, -0.2) is 4.90 Å². The number of fused-ring (bicyclic) bond motifs is 1. The predicted octanol–water partition coefficient (Wildman–Crippen LogP) is 1.51. The molecule has 0 N–H and O–H groups in total. The Balaban J connectivity index is 2.05. The van der Waals surface area contributed by atoms with Crippen molar-refractivity contribution >= 4 is 17.5 Å². The highest BCUT2D eigenvalue weighted by atomic mass is 16.2.